The number of ether oxygens (including phenoxy) is 1. The van der Waals surface area contributed by atoms with Gasteiger partial charge in [-0.25, -0.2) is 4.98 Å². The number of aryl methyl sites for hydroxylation is 2. The van der Waals surface area contributed by atoms with Gasteiger partial charge >= 0.3 is 0 Å². The zero-order valence-electron chi connectivity index (χ0n) is 13.0. The average molecular weight is 317 g/mol. The van der Waals surface area contributed by atoms with Gasteiger partial charge in [0, 0.05) is 23.8 Å². The number of amides is 1. The summed E-state index contributed by atoms with van der Waals surface area (Å²) < 4.78 is 5.34. The van der Waals surface area contributed by atoms with E-state index in [1.54, 1.807) is 42.1 Å². The number of thiazole rings is 1. The van der Waals surface area contributed by atoms with Gasteiger partial charge < -0.3 is 9.64 Å². The smallest absolute Gasteiger partial charge is 0.259 e. The lowest BCUT2D eigenvalue weighted by molar-refractivity contribution is 0.0740. The maximum absolute atomic E-state index is 12.9. The average Bonchev–Trinajstić information content (AvgIpc) is 3.21. The molecule has 1 aliphatic rings. The summed E-state index contributed by atoms with van der Waals surface area (Å²) in [5.41, 5.74) is 4.55. The minimum absolute atomic E-state index is 0.0297. The minimum atomic E-state index is -0.0695. The molecule has 116 valence electrons. The summed E-state index contributed by atoms with van der Waals surface area (Å²) in [5, 5.41) is 0. The molecule has 0 fully saturated rings. The summed E-state index contributed by atoms with van der Waals surface area (Å²) in [5.74, 6) is 0.356. The van der Waals surface area contributed by atoms with Crippen LogP contribution in [0.5, 0.6) is 5.88 Å². The van der Waals surface area contributed by atoms with E-state index in [4.69, 9.17) is 4.74 Å². The van der Waals surface area contributed by atoms with Crippen LogP contribution in [0, 0.1) is 0 Å². The third-order valence-corrected chi connectivity index (χ3v) is 5.15. The van der Waals surface area contributed by atoms with E-state index in [0.717, 1.165) is 29.8 Å². The van der Waals surface area contributed by atoms with Gasteiger partial charge in [-0.15, -0.1) is 11.3 Å². The van der Waals surface area contributed by atoms with Gasteiger partial charge in [0.1, 0.15) is 5.56 Å². The van der Waals surface area contributed by atoms with Crippen molar-refractivity contribution in [3.8, 4) is 5.88 Å². The molecule has 2 heterocycles. The molecule has 0 bridgehead atoms. The fourth-order valence-electron chi connectivity index (χ4n) is 2.75. The Balaban J connectivity index is 1.91. The van der Waals surface area contributed by atoms with E-state index in [-0.39, 0.29) is 11.9 Å². The first-order valence-corrected chi connectivity index (χ1v) is 8.22. The lowest BCUT2D eigenvalue weighted by Gasteiger charge is -2.24. The molecular formula is C16H19N3O2S. The molecule has 0 N–H and O–H groups in total. The molecule has 0 aliphatic heterocycles. The van der Waals surface area contributed by atoms with Gasteiger partial charge in [-0.1, -0.05) is 0 Å². The summed E-state index contributed by atoms with van der Waals surface area (Å²) in [6, 6.07) is 1.92. The van der Waals surface area contributed by atoms with Gasteiger partial charge in [-0.2, -0.15) is 0 Å². The Labute approximate surface area is 134 Å². The van der Waals surface area contributed by atoms with Crippen LogP contribution >= 0.6 is 11.3 Å². The van der Waals surface area contributed by atoms with Crippen molar-refractivity contribution >= 4 is 17.2 Å². The zero-order chi connectivity index (χ0) is 15.7. The number of hydrogen-bond acceptors (Lipinski definition) is 5. The first-order valence-electron chi connectivity index (χ1n) is 7.34. The van der Waals surface area contributed by atoms with Gasteiger partial charge in [0.15, 0.2) is 0 Å². The van der Waals surface area contributed by atoms with Crippen LogP contribution in [0.25, 0.3) is 0 Å². The standard InChI is InChI=1S/C16H19N3O2S/c1-10(14-8-17-9-22-14)19(2)16(20)12-7-11-5-4-6-13(11)18-15(12)21-3/h7-10H,4-6H2,1-3H3. The molecular weight excluding hydrogens is 298 g/mol. The number of rotatable bonds is 4. The molecule has 3 rings (SSSR count). The minimum Gasteiger partial charge on any atom is -0.480 e. The summed E-state index contributed by atoms with van der Waals surface area (Å²) in [7, 11) is 3.37. The Morgan fingerprint density at radius 1 is 1.45 bits per heavy atom. The van der Waals surface area contributed by atoms with Gasteiger partial charge in [0.2, 0.25) is 5.88 Å². The maximum Gasteiger partial charge on any atom is 0.259 e. The Kier molecular flexibility index (Phi) is 4.11. The Morgan fingerprint density at radius 2 is 2.27 bits per heavy atom. The predicted molar refractivity (Wildman–Crippen MR) is 85.4 cm³/mol. The second-order valence-electron chi connectivity index (χ2n) is 5.50. The number of aromatic nitrogens is 2. The quantitative estimate of drug-likeness (QED) is 0.870. The fourth-order valence-corrected chi connectivity index (χ4v) is 3.47. The Bertz CT molecular complexity index is 685. The van der Waals surface area contributed by atoms with Crippen LogP contribution in [0.2, 0.25) is 0 Å². The number of nitrogens with zero attached hydrogens (tertiary/aromatic N) is 3. The van der Waals surface area contributed by atoms with Crippen LogP contribution in [-0.4, -0.2) is 34.9 Å². The van der Waals surface area contributed by atoms with Crippen LogP contribution in [0.3, 0.4) is 0 Å². The second-order valence-corrected chi connectivity index (χ2v) is 6.42. The van der Waals surface area contributed by atoms with E-state index in [2.05, 4.69) is 9.97 Å². The number of carbonyl (C=O) groups is 1. The van der Waals surface area contributed by atoms with Crippen molar-refractivity contribution in [2.24, 2.45) is 0 Å². The van der Waals surface area contributed by atoms with Crippen LogP contribution < -0.4 is 4.74 Å². The molecule has 1 aliphatic carbocycles. The van der Waals surface area contributed by atoms with Crippen molar-refractivity contribution in [3.05, 3.63) is 39.5 Å². The van der Waals surface area contributed by atoms with Crippen molar-refractivity contribution < 1.29 is 9.53 Å². The molecule has 5 nitrogen and oxygen atoms in total. The molecule has 2 aromatic rings. The summed E-state index contributed by atoms with van der Waals surface area (Å²) in [6.07, 6.45) is 4.85. The highest BCUT2D eigenvalue weighted by Gasteiger charge is 2.26. The van der Waals surface area contributed by atoms with E-state index in [1.165, 1.54) is 5.56 Å². The van der Waals surface area contributed by atoms with Gasteiger partial charge in [-0.3, -0.25) is 9.78 Å². The number of carbonyl (C=O) groups excluding carboxylic acids is 1. The molecule has 2 aromatic heterocycles. The van der Waals surface area contributed by atoms with E-state index in [1.807, 2.05) is 13.0 Å². The van der Waals surface area contributed by atoms with E-state index >= 15 is 0 Å². The molecule has 0 spiro atoms. The largest absolute Gasteiger partial charge is 0.480 e. The summed E-state index contributed by atoms with van der Waals surface area (Å²) in [4.78, 5) is 24.2. The monoisotopic (exact) mass is 317 g/mol. The van der Waals surface area contributed by atoms with Crippen molar-refractivity contribution in [2.75, 3.05) is 14.2 Å². The topological polar surface area (TPSA) is 55.3 Å². The molecule has 6 heteroatoms. The number of methoxy groups -OCH3 is 1. The Morgan fingerprint density at radius 3 is 2.95 bits per heavy atom. The van der Waals surface area contributed by atoms with Crippen molar-refractivity contribution in [3.63, 3.8) is 0 Å². The number of hydrogen-bond donors (Lipinski definition) is 0. The molecule has 0 radical (unpaired) electrons. The highest BCUT2D eigenvalue weighted by Crippen LogP contribution is 2.29. The van der Waals surface area contributed by atoms with E-state index < -0.39 is 0 Å². The number of fused-ring (bicyclic) bond motifs is 1. The second kappa shape index (κ2) is 6.04. The fraction of sp³-hybridized carbons (Fsp3) is 0.438. The highest BCUT2D eigenvalue weighted by atomic mass is 32.1. The molecule has 0 saturated carbocycles. The predicted octanol–water partition coefficient (Wildman–Crippen LogP) is 2.87. The number of pyridine rings is 1. The van der Waals surface area contributed by atoms with Crippen LogP contribution in [0.1, 0.15) is 45.9 Å². The van der Waals surface area contributed by atoms with Crippen LogP contribution in [0.4, 0.5) is 0 Å². The van der Waals surface area contributed by atoms with Gasteiger partial charge in [0.25, 0.3) is 5.91 Å². The molecule has 22 heavy (non-hydrogen) atoms. The van der Waals surface area contributed by atoms with Crippen LogP contribution in [0.15, 0.2) is 17.8 Å². The molecule has 0 saturated heterocycles. The van der Waals surface area contributed by atoms with Gasteiger partial charge in [-0.05, 0) is 37.8 Å². The first kappa shape index (κ1) is 15.0. The lowest BCUT2D eigenvalue weighted by Crippen LogP contribution is -2.30. The normalized spacial score (nSPS) is 14.5. The van der Waals surface area contributed by atoms with E-state index in [0.29, 0.717) is 11.4 Å². The summed E-state index contributed by atoms with van der Waals surface area (Å²) in [6.45, 7) is 2.00. The van der Waals surface area contributed by atoms with Crippen molar-refractivity contribution in [2.45, 2.75) is 32.2 Å². The van der Waals surface area contributed by atoms with E-state index in [9.17, 15) is 4.79 Å². The third-order valence-electron chi connectivity index (χ3n) is 4.20. The highest BCUT2D eigenvalue weighted by molar-refractivity contribution is 7.09. The van der Waals surface area contributed by atoms with Crippen molar-refractivity contribution in [1.29, 1.82) is 0 Å². The third kappa shape index (κ3) is 2.59. The SMILES string of the molecule is COc1nc2c(cc1C(=O)N(C)C(C)c1cncs1)CCC2. The van der Waals surface area contributed by atoms with Crippen LogP contribution in [-0.2, 0) is 12.8 Å². The molecule has 1 unspecified atom stereocenters. The summed E-state index contributed by atoms with van der Waals surface area (Å²) >= 11 is 1.55. The zero-order valence-corrected chi connectivity index (χ0v) is 13.8. The van der Waals surface area contributed by atoms with Gasteiger partial charge in [0.05, 0.1) is 18.7 Å². The lowest BCUT2D eigenvalue weighted by atomic mass is 10.1. The Hall–Kier alpha value is -1.95. The van der Waals surface area contributed by atoms with Crippen molar-refractivity contribution in [1.82, 2.24) is 14.9 Å². The maximum atomic E-state index is 12.9. The first-order chi connectivity index (χ1) is 10.6. The molecule has 1 atom stereocenters. The molecule has 1 amide bonds. The molecule has 0 aromatic carbocycles.